The first-order chi connectivity index (χ1) is 8.28. The number of nitrogens with zero attached hydrogens (tertiary/aromatic N) is 2. The lowest BCUT2D eigenvalue weighted by molar-refractivity contribution is 0.111. The summed E-state index contributed by atoms with van der Waals surface area (Å²) in [7, 11) is 0. The highest BCUT2D eigenvalue weighted by Crippen LogP contribution is 2.28. The predicted molar refractivity (Wildman–Crippen MR) is 72.0 cm³/mol. The van der Waals surface area contributed by atoms with E-state index < -0.39 is 0 Å². The molecule has 3 nitrogen and oxygen atoms in total. The van der Waals surface area contributed by atoms with Crippen molar-refractivity contribution < 1.29 is 4.79 Å². The number of hydrogen-bond acceptors (Lipinski definition) is 3. The fourth-order valence-electron chi connectivity index (χ4n) is 1.65. The molecular formula is C12H7BrN2OS. The lowest BCUT2D eigenvalue weighted by atomic mass is 10.3. The summed E-state index contributed by atoms with van der Waals surface area (Å²) in [5.41, 5.74) is 1.56. The third-order valence-electron chi connectivity index (χ3n) is 2.45. The fraction of sp³-hybridized carbons (Fsp3) is 0. The van der Waals surface area contributed by atoms with E-state index in [0.29, 0.717) is 5.69 Å². The Hall–Kier alpha value is -1.46. The number of rotatable bonds is 2. The van der Waals surface area contributed by atoms with Crippen LogP contribution in [0.1, 0.15) is 10.5 Å². The highest BCUT2D eigenvalue weighted by Gasteiger charge is 2.08. The van der Waals surface area contributed by atoms with E-state index in [-0.39, 0.29) is 0 Å². The fourth-order valence-corrected chi connectivity index (χ4v) is 3.18. The summed E-state index contributed by atoms with van der Waals surface area (Å²) in [6.07, 6.45) is 2.68. The number of carbonyl (C=O) groups excluding carboxylic acids is 1. The minimum Gasteiger partial charge on any atom is -0.296 e. The molecule has 0 aliphatic rings. The van der Waals surface area contributed by atoms with Gasteiger partial charge in [0, 0.05) is 10.7 Å². The number of aldehydes is 1. The van der Waals surface area contributed by atoms with Gasteiger partial charge in [-0.1, -0.05) is 27.3 Å². The standard InChI is InChI=1S/C12H7BrN2OS/c13-8-3-4-10-11(6-8)17-12(14-10)15-5-1-2-9(15)7-16/h1-7H. The smallest absolute Gasteiger partial charge is 0.195 e. The number of thiazole rings is 1. The average molecular weight is 307 g/mol. The molecule has 1 aromatic carbocycles. The monoisotopic (exact) mass is 306 g/mol. The largest absolute Gasteiger partial charge is 0.296 e. The highest BCUT2D eigenvalue weighted by atomic mass is 79.9. The lowest BCUT2D eigenvalue weighted by Gasteiger charge is -1.97. The summed E-state index contributed by atoms with van der Waals surface area (Å²) >= 11 is 5.00. The third-order valence-corrected chi connectivity index (χ3v) is 3.96. The average Bonchev–Trinajstić information content (AvgIpc) is 2.93. The maximum Gasteiger partial charge on any atom is 0.195 e. The first kappa shape index (κ1) is 10.7. The molecule has 0 N–H and O–H groups in total. The van der Waals surface area contributed by atoms with Gasteiger partial charge in [-0.3, -0.25) is 9.36 Å². The van der Waals surface area contributed by atoms with E-state index in [0.717, 1.165) is 26.1 Å². The zero-order chi connectivity index (χ0) is 11.8. The number of carbonyl (C=O) groups is 1. The highest BCUT2D eigenvalue weighted by molar-refractivity contribution is 9.10. The van der Waals surface area contributed by atoms with Gasteiger partial charge in [0.1, 0.15) is 0 Å². The normalized spacial score (nSPS) is 10.9. The summed E-state index contributed by atoms with van der Waals surface area (Å²) in [4.78, 5) is 15.4. The van der Waals surface area contributed by atoms with Crippen LogP contribution in [0, 0.1) is 0 Å². The van der Waals surface area contributed by atoms with E-state index in [1.165, 1.54) is 0 Å². The third kappa shape index (κ3) is 1.81. The van der Waals surface area contributed by atoms with E-state index in [2.05, 4.69) is 20.9 Å². The van der Waals surface area contributed by atoms with Crippen LogP contribution in [0.4, 0.5) is 0 Å². The molecule has 3 aromatic rings. The molecule has 0 aliphatic heterocycles. The molecule has 2 aromatic heterocycles. The molecule has 5 heteroatoms. The van der Waals surface area contributed by atoms with E-state index in [1.54, 1.807) is 22.0 Å². The van der Waals surface area contributed by atoms with Crippen LogP contribution < -0.4 is 0 Å². The second-order valence-corrected chi connectivity index (χ2v) is 5.45. The van der Waals surface area contributed by atoms with Crippen molar-refractivity contribution in [2.75, 3.05) is 0 Å². The zero-order valence-electron chi connectivity index (χ0n) is 8.63. The molecule has 0 atom stereocenters. The molecule has 17 heavy (non-hydrogen) atoms. The van der Waals surface area contributed by atoms with E-state index in [1.807, 2.05) is 30.5 Å². The van der Waals surface area contributed by atoms with Gasteiger partial charge in [0.15, 0.2) is 11.4 Å². The second-order valence-electron chi connectivity index (χ2n) is 3.53. The number of fused-ring (bicyclic) bond motifs is 1. The Morgan fingerprint density at radius 2 is 2.24 bits per heavy atom. The Morgan fingerprint density at radius 3 is 3.06 bits per heavy atom. The Kier molecular flexibility index (Phi) is 2.57. The SMILES string of the molecule is O=Cc1cccn1-c1nc2ccc(Br)cc2s1. The summed E-state index contributed by atoms with van der Waals surface area (Å²) in [5.74, 6) is 0. The molecule has 0 spiro atoms. The minimum atomic E-state index is 0.614. The molecule has 0 aliphatic carbocycles. The Labute approximate surface area is 110 Å². The minimum absolute atomic E-state index is 0.614. The molecule has 0 fully saturated rings. The molecule has 84 valence electrons. The van der Waals surface area contributed by atoms with Crippen molar-refractivity contribution in [2.45, 2.75) is 0 Å². The topological polar surface area (TPSA) is 34.9 Å². The summed E-state index contributed by atoms with van der Waals surface area (Å²) in [6, 6.07) is 9.56. The maximum absolute atomic E-state index is 10.9. The quantitative estimate of drug-likeness (QED) is 0.677. The van der Waals surface area contributed by atoms with Crippen LogP contribution in [0.2, 0.25) is 0 Å². The number of hydrogen-bond donors (Lipinski definition) is 0. The van der Waals surface area contributed by atoms with Gasteiger partial charge in [-0.05, 0) is 30.3 Å². The van der Waals surface area contributed by atoms with Gasteiger partial charge in [-0.25, -0.2) is 4.98 Å². The summed E-state index contributed by atoms with van der Waals surface area (Å²) in [6.45, 7) is 0. The molecular weight excluding hydrogens is 300 g/mol. The van der Waals surface area contributed by atoms with Crippen LogP contribution in [0.5, 0.6) is 0 Å². The van der Waals surface area contributed by atoms with Crippen molar-refractivity contribution in [1.29, 1.82) is 0 Å². The second kappa shape index (κ2) is 4.09. The predicted octanol–water partition coefficient (Wildman–Crippen LogP) is 3.66. The van der Waals surface area contributed by atoms with Gasteiger partial charge in [-0.2, -0.15) is 0 Å². The summed E-state index contributed by atoms with van der Waals surface area (Å²) < 4.78 is 3.93. The number of halogens is 1. The molecule has 0 amide bonds. The van der Waals surface area contributed by atoms with Gasteiger partial charge < -0.3 is 0 Å². The molecule has 0 bridgehead atoms. The van der Waals surface area contributed by atoms with Crippen LogP contribution >= 0.6 is 27.3 Å². The van der Waals surface area contributed by atoms with Gasteiger partial charge in [0.2, 0.25) is 0 Å². The molecule has 0 unspecified atom stereocenters. The van der Waals surface area contributed by atoms with Crippen molar-refractivity contribution in [3.8, 4) is 5.13 Å². The van der Waals surface area contributed by atoms with Crippen LogP contribution in [0.15, 0.2) is 41.0 Å². The molecule has 3 rings (SSSR count). The maximum atomic E-state index is 10.9. The molecule has 0 saturated heterocycles. The zero-order valence-corrected chi connectivity index (χ0v) is 11.0. The van der Waals surface area contributed by atoms with Crippen LogP contribution in [0.25, 0.3) is 15.3 Å². The molecule has 0 radical (unpaired) electrons. The van der Waals surface area contributed by atoms with Crippen LogP contribution in [-0.2, 0) is 0 Å². The first-order valence-electron chi connectivity index (χ1n) is 4.97. The van der Waals surface area contributed by atoms with Crippen molar-refractivity contribution in [3.05, 3.63) is 46.7 Å². The van der Waals surface area contributed by atoms with Crippen LogP contribution in [-0.4, -0.2) is 15.8 Å². The van der Waals surface area contributed by atoms with Gasteiger partial charge >= 0.3 is 0 Å². The lowest BCUT2D eigenvalue weighted by Crippen LogP contribution is -1.95. The Balaban J connectivity index is 2.21. The van der Waals surface area contributed by atoms with E-state index in [4.69, 9.17) is 0 Å². The number of benzene rings is 1. The van der Waals surface area contributed by atoms with Crippen molar-refractivity contribution in [1.82, 2.24) is 9.55 Å². The van der Waals surface area contributed by atoms with E-state index in [9.17, 15) is 4.79 Å². The number of aromatic nitrogens is 2. The first-order valence-corrected chi connectivity index (χ1v) is 6.58. The Bertz CT molecular complexity index is 701. The van der Waals surface area contributed by atoms with Gasteiger partial charge in [-0.15, -0.1) is 0 Å². The van der Waals surface area contributed by atoms with E-state index >= 15 is 0 Å². The Morgan fingerprint density at radius 1 is 1.35 bits per heavy atom. The summed E-state index contributed by atoms with van der Waals surface area (Å²) in [5, 5.41) is 0.810. The van der Waals surface area contributed by atoms with Crippen LogP contribution in [0.3, 0.4) is 0 Å². The van der Waals surface area contributed by atoms with Gasteiger partial charge in [0.25, 0.3) is 0 Å². The van der Waals surface area contributed by atoms with Gasteiger partial charge in [0.05, 0.1) is 15.9 Å². The van der Waals surface area contributed by atoms with Crippen molar-refractivity contribution >= 4 is 43.8 Å². The van der Waals surface area contributed by atoms with Crippen molar-refractivity contribution in [3.63, 3.8) is 0 Å². The molecule has 2 heterocycles. The molecule has 0 saturated carbocycles. The van der Waals surface area contributed by atoms with Crippen molar-refractivity contribution in [2.24, 2.45) is 0 Å².